The van der Waals surface area contributed by atoms with Crippen LogP contribution in [0, 0.1) is 10.8 Å². The Kier molecular flexibility index (Phi) is 4.57. The Labute approximate surface area is 101 Å². The van der Waals surface area contributed by atoms with Crippen molar-refractivity contribution in [3.8, 4) is 0 Å². The topological polar surface area (TPSA) is 29.1 Å². The lowest BCUT2D eigenvalue weighted by Crippen LogP contribution is -2.48. The Bertz CT molecular complexity index is 244. The predicted octanol–water partition coefficient (Wildman–Crippen LogP) is 1.88. The molecule has 0 spiro atoms. The van der Waals surface area contributed by atoms with E-state index >= 15 is 0 Å². The van der Waals surface area contributed by atoms with Crippen LogP contribution in [0.4, 0.5) is 0 Å². The van der Waals surface area contributed by atoms with Crippen molar-refractivity contribution in [2.75, 3.05) is 34.2 Å². The second kappa shape index (κ2) is 4.74. The van der Waals surface area contributed by atoms with Crippen molar-refractivity contribution < 1.29 is 9.28 Å². The van der Waals surface area contributed by atoms with E-state index in [0.717, 1.165) is 17.6 Å². The summed E-state index contributed by atoms with van der Waals surface area (Å²) in [7, 11) is 6.38. The van der Waals surface area contributed by atoms with Gasteiger partial charge in [-0.15, -0.1) is 0 Å². The Morgan fingerprint density at radius 2 is 1.50 bits per heavy atom. The summed E-state index contributed by atoms with van der Waals surface area (Å²) in [5.41, 5.74) is -0.356. The Hall–Kier alpha value is -0.570. The first-order valence-electron chi connectivity index (χ1n) is 5.97. The molecule has 0 rings (SSSR count). The van der Waals surface area contributed by atoms with E-state index in [1.54, 1.807) is 0 Å². The SMILES string of the molecule is CC(C)(C)C(C)(C)C(=O)NCC[N+](C)(C)C. The van der Waals surface area contributed by atoms with E-state index in [9.17, 15) is 4.79 Å². The first kappa shape index (κ1) is 15.4. The van der Waals surface area contributed by atoms with Crippen molar-refractivity contribution in [2.45, 2.75) is 34.6 Å². The molecule has 0 heterocycles. The molecule has 96 valence electrons. The van der Waals surface area contributed by atoms with Crippen LogP contribution in [0.25, 0.3) is 0 Å². The maximum absolute atomic E-state index is 12.1. The predicted molar refractivity (Wildman–Crippen MR) is 69.1 cm³/mol. The number of carbonyl (C=O) groups excluding carboxylic acids is 1. The first-order valence-corrected chi connectivity index (χ1v) is 5.97. The fourth-order valence-electron chi connectivity index (χ4n) is 1.07. The Morgan fingerprint density at radius 1 is 1.06 bits per heavy atom. The third-order valence-electron chi connectivity index (χ3n) is 3.51. The standard InChI is InChI=1S/C13H28N2O/c1-12(2,3)13(4,5)11(16)14-9-10-15(6,7)8/h9-10H2,1-8H3/p+1. The molecule has 0 aromatic rings. The number of quaternary nitrogens is 1. The molecule has 3 nitrogen and oxygen atoms in total. The average Bonchev–Trinajstić information content (AvgIpc) is 1.99. The van der Waals surface area contributed by atoms with E-state index in [0.29, 0.717) is 0 Å². The quantitative estimate of drug-likeness (QED) is 0.733. The molecule has 0 aliphatic heterocycles. The number of rotatable bonds is 4. The van der Waals surface area contributed by atoms with Crippen molar-refractivity contribution in [3.63, 3.8) is 0 Å². The second-order valence-corrected chi connectivity index (χ2v) is 7.14. The summed E-state index contributed by atoms with van der Waals surface area (Å²) in [6.45, 7) is 12.0. The van der Waals surface area contributed by atoms with Crippen LogP contribution in [0.15, 0.2) is 0 Å². The molecule has 0 saturated carbocycles. The van der Waals surface area contributed by atoms with Gasteiger partial charge in [-0.25, -0.2) is 0 Å². The van der Waals surface area contributed by atoms with Crippen LogP contribution in [0.5, 0.6) is 0 Å². The smallest absolute Gasteiger partial charge is 0.226 e. The maximum atomic E-state index is 12.1. The van der Waals surface area contributed by atoms with Gasteiger partial charge in [0.25, 0.3) is 0 Å². The minimum atomic E-state index is -0.335. The first-order chi connectivity index (χ1) is 6.88. The summed E-state index contributed by atoms with van der Waals surface area (Å²) < 4.78 is 0.871. The fraction of sp³-hybridized carbons (Fsp3) is 0.923. The zero-order chi connectivity index (χ0) is 13.2. The third kappa shape index (κ3) is 4.52. The molecule has 0 unspecified atom stereocenters. The summed E-state index contributed by atoms with van der Waals surface area (Å²) in [5, 5.41) is 3.03. The molecule has 0 aliphatic rings. The van der Waals surface area contributed by atoms with E-state index in [-0.39, 0.29) is 16.7 Å². The largest absolute Gasteiger partial charge is 0.350 e. The molecule has 0 aromatic heterocycles. The van der Waals surface area contributed by atoms with Crippen molar-refractivity contribution in [1.82, 2.24) is 5.32 Å². The van der Waals surface area contributed by atoms with Crippen LogP contribution in [-0.2, 0) is 4.79 Å². The van der Waals surface area contributed by atoms with Gasteiger partial charge >= 0.3 is 0 Å². The van der Waals surface area contributed by atoms with Crippen LogP contribution in [-0.4, -0.2) is 44.6 Å². The number of nitrogens with zero attached hydrogens (tertiary/aromatic N) is 1. The van der Waals surface area contributed by atoms with Crippen LogP contribution < -0.4 is 5.32 Å². The maximum Gasteiger partial charge on any atom is 0.226 e. The molecule has 1 amide bonds. The summed E-state index contributed by atoms with van der Waals surface area (Å²) in [6, 6.07) is 0. The van der Waals surface area contributed by atoms with E-state index in [4.69, 9.17) is 0 Å². The Balaban J connectivity index is 4.28. The average molecular weight is 229 g/mol. The number of nitrogens with one attached hydrogen (secondary N) is 1. The van der Waals surface area contributed by atoms with Crippen molar-refractivity contribution >= 4 is 5.91 Å². The number of carbonyl (C=O) groups is 1. The third-order valence-corrected chi connectivity index (χ3v) is 3.51. The normalized spacial score (nSPS) is 13.8. The van der Waals surface area contributed by atoms with Gasteiger partial charge in [0.2, 0.25) is 5.91 Å². The fourth-order valence-corrected chi connectivity index (χ4v) is 1.07. The molecule has 0 radical (unpaired) electrons. The molecule has 0 aromatic carbocycles. The monoisotopic (exact) mass is 229 g/mol. The van der Waals surface area contributed by atoms with E-state index < -0.39 is 0 Å². The highest BCUT2D eigenvalue weighted by atomic mass is 16.2. The highest BCUT2D eigenvalue weighted by Gasteiger charge is 2.39. The zero-order valence-corrected chi connectivity index (χ0v) is 12.3. The van der Waals surface area contributed by atoms with Gasteiger partial charge in [-0.2, -0.15) is 0 Å². The van der Waals surface area contributed by atoms with E-state index in [2.05, 4.69) is 47.2 Å². The highest BCUT2D eigenvalue weighted by molar-refractivity contribution is 5.82. The number of hydrogen-bond donors (Lipinski definition) is 1. The van der Waals surface area contributed by atoms with Gasteiger partial charge in [0.1, 0.15) is 0 Å². The van der Waals surface area contributed by atoms with Crippen LogP contribution in [0.1, 0.15) is 34.6 Å². The van der Waals surface area contributed by atoms with Crippen molar-refractivity contribution in [2.24, 2.45) is 10.8 Å². The van der Waals surface area contributed by atoms with Crippen molar-refractivity contribution in [3.05, 3.63) is 0 Å². The lowest BCUT2D eigenvalue weighted by molar-refractivity contribution is -0.869. The van der Waals surface area contributed by atoms with Gasteiger partial charge in [0.15, 0.2) is 0 Å². The molecular formula is C13H29N2O+. The van der Waals surface area contributed by atoms with Crippen LogP contribution in [0.3, 0.4) is 0 Å². The summed E-state index contributed by atoms with van der Waals surface area (Å²) in [5.74, 6) is 0.147. The minimum absolute atomic E-state index is 0.0202. The van der Waals surface area contributed by atoms with Gasteiger partial charge < -0.3 is 9.80 Å². The summed E-state index contributed by atoms with van der Waals surface area (Å²) >= 11 is 0. The van der Waals surface area contributed by atoms with Crippen molar-refractivity contribution in [1.29, 1.82) is 0 Å². The molecule has 0 fully saturated rings. The highest BCUT2D eigenvalue weighted by Crippen LogP contribution is 2.37. The van der Waals surface area contributed by atoms with Gasteiger partial charge in [0.05, 0.1) is 34.2 Å². The van der Waals surface area contributed by atoms with E-state index in [1.807, 2.05) is 13.8 Å². The van der Waals surface area contributed by atoms with Gasteiger partial charge in [-0.1, -0.05) is 34.6 Å². The molecule has 0 saturated heterocycles. The summed E-state index contributed by atoms with van der Waals surface area (Å²) in [6.07, 6.45) is 0. The second-order valence-electron chi connectivity index (χ2n) is 7.14. The van der Waals surface area contributed by atoms with Gasteiger partial charge in [-0.3, -0.25) is 4.79 Å². The van der Waals surface area contributed by atoms with Crippen LogP contribution in [0.2, 0.25) is 0 Å². The lowest BCUT2D eigenvalue weighted by Gasteiger charge is -2.37. The molecule has 0 bridgehead atoms. The molecule has 1 N–H and O–H groups in total. The molecular weight excluding hydrogens is 200 g/mol. The number of hydrogen-bond acceptors (Lipinski definition) is 1. The molecule has 16 heavy (non-hydrogen) atoms. The van der Waals surface area contributed by atoms with Crippen LogP contribution >= 0.6 is 0 Å². The lowest BCUT2D eigenvalue weighted by atomic mass is 9.69. The molecule has 3 heteroatoms. The van der Waals surface area contributed by atoms with E-state index in [1.165, 1.54) is 0 Å². The number of likely N-dealkylation sites (N-methyl/N-ethyl adjacent to an activating group) is 1. The van der Waals surface area contributed by atoms with Gasteiger partial charge in [0, 0.05) is 5.41 Å². The minimum Gasteiger partial charge on any atom is -0.350 e. The summed E-state index contributed by atoms with van der Waals surface area (Å²) in [4.78, 5) is 12.1. The Morgan fingerprint density at radius 3 is 1.81 bits per heavy atom. The zero-order valence-electron chi connectivity index (χ0n) is 12.3. The van der Waals surface area contributed by atoms with Gasteiger partial charge in [-0.05, 0) is 5.41 Å². The molecule has 0 atom stereocenters. The molecule has 0 aliphatic carbocycles. The number of amides is 1.